The standard InChI is InChI=1S/C26H28ClN3O4S2/c1-34-23-10-6-5-9-22(23)28-13-15-29(16-14-28)26(31)21-18-30(17-20(21)19-7-3-2-4-8-19)36(32,33)25-12-11-24(27)35-25/h2-12,20-21H,13-18H2,1H3/t20-,21+/m0/s1. The maximum Gasteiger partial charge on any atom is 0.252 e. The number of carbonyl (C=O) groups is 1. The summed E-state index contributed by atoms with van der Waals surface area (Å²) in [7, 11) is -2.07. The van der Waals surface area contributed by atoms with Crippen molar-refractivity contribution in [1.82, 2.24) is 9.21 Å². The first-order chi connectivity index (χ1) is 17.4. The van der Waals surface area contributed by atoms with Crippen LogP contribution in [0.5, 0.6) is 5.75 Å². The molecule has 2 fully saturated rings. The molecule has 2 aliphatic rings. The van der Waals surface area contributed by atoms with Crippen LogP contribution in [0.15, 0.2) is 70.9 Å². The van der Waals surface area contributed by atoms with Gasteiger partial charge in [-0.25, -0.2) is 8.42 Å². The molecule has 5 rings (SSSR count). The van der Waals surface area contributed by atoms with Crippen molar-refractivity contribution in [2.24, 2.45) is 5.92 Å². The van der Waals surface area contributed by atoms with Crippen LogP contribution in [0.3, 0.4) is 0 Å². The number of anilines is 1. The highest BCUT2D eigenvalue weighted by atomic mass is 35.5. The molecular weight excluding hydrogens is 518 g/mol. The second-order valence-corrected chi connectivity index (χ2v) is 12.9. The summed E-state index contributed by atoms with van der Waals surface area (Å²) >= 11 is 7.06. The summed E-state index contributed by atoms with van der Waals surface area (Å²) in [5.74, 6) is 0.156. The molecule has 0 unspecified atom stereocenters. The largest absolute Gasteiger partial charge is 0.495 e. The molecule has 0 radical (unpaired) electrons. The van der Waals surface area contributed by atoms with Crippen LogP contribution in [0.1, 0.15) is 11.5 Å². The fourth-order valence-electron chi connectivity index (χ4n) is 5.11. The first kappa shape index (κ1) is 25.1. The molecule has 3 aromatic rings. The van der Waals surface area contributed by atoms with Gasteiger partial charge in [0, 0.05) is 45.2 Å². The first-order valence-electron chi connectivity index (χ1n) is 11.9. The third kappa shape index (κ3) is 4.85. The second-order valence-electron chi connectivity index (χ2n) is 8.99. The van der Waals surface area contributed by atoms with Gasteiger partial charge in [-0.2, -0.15) is 4.31 Å². The van der Waals surface area contributed by atoms with Crippen molar-refractivity contribution in [3.05, 3.63) is 76.6 Å². The SMILES string of the molecule is COc1ccccc1N1CCN(C(=O)[C@@H]2CN(S(=O)(=O)c3ccc(Cl)s3)C[C@H]2c2ccccc2)CC1. The Morgan fingerprint density at radius 2 is 1.64 bits per heavy atom. The zero-order valence-corrected chi connectivity index (χ0v) is 22.3. The molecule has 2 aromatic carbocycles. The molecule has 3 heterocycles. The lowest BCUT2D eigenvalue weighted by molar-refractivity contribution is -0.135. The second kappa shape index (κ2) is 10.4. The average molecular weight is 546 g/mol. The summed E-state index contributed by atoms with van der Waals surface area (Å²) < 4.78 is 34.3. The van der Waals surface area contributed by atoms with Crippen LogP contribution in [0, 0.1) is 5.92 Å². The minimum Gasteiger partial charge on any atom is -0.495 e. The normalized spacial score (nSPS) is 21.1. The monoisotopic (exact) mass is 545 g/mol. The van der Waals surface area contributed by atoms with E-state index >= 15 is 0 Å². The van der Waals surface area contributed by atoms with Gasteiger partial charge in [0.1, 0.15) is 9.96 Å². The van der Waals surface area contributed by atoms with Crippen LogP contribution in [0.2, 0.25) is 4.34 Å². The molecule has 2 saturated heterocycles. The van der Waals surface area contributed by atoms with Crippen LogP contribution in [-0.2, 0) is 14.8 Å². The minimum atomic E-state index is -3.73. The van der Waals surface area contributed by atoms with E-state index in [2.05, 4.69) is 4.90 Å². The average Bonchev–Trinajstić information content (AvgIpc) is 3.57. The smallest absolute Gasteiger partial charge is 0.252 e. The lowest BCUT2D eigenvalue weighted by Crippen LogP contribution is -2.51. The fraction of sp³-hybridized carbons (Fsp3) is 0.346. The topological polar surface area (TPSA) is 70.2 Å². The van der Waals surface area contributed by atoms with Crippen molar-refractivity contribution in [1.29, 1.82) is 0 Å². The van der Waals surface area contributed by atoms with E-state index in [1.54, 1.807) is 13.2 Å². The third-order valence-electron chi connectivity index (χ3n) is 6.99. The molecule has 1 aromatic heterocycles. The van der Waals surface area contributed by atoms with E-state index in [0.717, 1.165) is 28.3 Å². The molecule has 0 saturated carbocycles. The Morgan fingerprint density at radius 1 is 0.944 bits per heavy atom. The molecule has 0 spiro atoms. The van der Waals surface area contributed by atoms with Gasteiger partial charge in [0.05, 0.1) is 23.1 Å². The van der Waals surface area contributed by atoms with Gasteiger partial charge in [-0.1, -0.05) is 54.1 Å². The molecule has 7 nitrogen and oxygen atoms in total. The molecule has 1 amide bonds. The molecule has 10 heteroatoms. The summed E-state index contributed by atoms with van der Waals surface area (Å²) in [5.41, 5.74) is 1.99. The number of benzene rings is 2. The lowest BCUT2D eigenvalue weighted by atomic mass is 9.88. The number of ether oxygens (including phenoxy) is 1. The van der Waals surface area contributed by atoms with Crippen molar-refractivity contribution >= 4 is 44.6 Å². The lowest BCUT2D eigenvalue weighted by Gasteiger charge is -2.38. The van der Waals surface area contributed by atoms with Crippen LogP contribution >= 0.6 is 22.9 Å². The van der Waals surface area contributed by atoms with Crippen molar-refractivity contribution < 1.29 is 17.9 Å². The number of nitrogens with zero attached hydrogens (tertiary/aromatic N) is 3. The predicted octanol–water partition coefficient (Wildman–Crippen LogP) is 4.16. The van der Waals surface area contributed by atoms with E-state index < -0.39 is 15.9 Å². The number of amides is 1. The van der Waals surface area contributed by atoms with E-state index in [-0.39, 0.29) is 29.1 Å². The number of rotatable bonds is 6. The van der Waals surface area contributed by atoms with Gasteiger partial charge in [-0.3, -0.25) is 4.79 Å². The Balaban J connectivity index is 1.35. The van der Waals surface area contributed by atoms with E-state index in [1.807, 2.05) is 59.5 Å². The number of thiophene rings is 1. The van der Waals surface area contributed by atoms with Gasteiger partial charge in [0.25, 0.3) is 10.0 Å². The van der Waals surface area contributed by atoms with Gasteiger partial charge in [-0.15, -0.1) is 11.3 Å². The summed E-state index contributed by atoms with van der Waals surface area (Å²) in [6.07, 6.45) is 0. The Labute approximate surface area is 220 Å². The van der Waals surface area contributed by atoms with Gasteiger partial charge < -0.3 is 14.5 Å². The van der Waals surface area contributed by atoms with E-state index in [4.69, 9.17) is 16.3 Å². The molecular formula is C26H28ClN3O4S2. The summed E-state index contributed by atoms with van der Waals surface area (Å²) in [6, 6.07) is 20.7. The van der Waals surface area contributed by atoms with Gasteiger partial charge in [-0.05, 0) is 29.8 Å². The number of hydrogen-bond donors (Lipinski definition) is 0. The Morgan fingerprint density at radius 3 is 2.31 bits per heavy atom. The van der Waals surface area contributed by atoms with Crippen molar-refractivity contribution in [2.45, 2.75) is 10.1 Å². The molecule has 0 aliphatic carbocycles. The summed E-state index contributed by atoms with van der Waals surface area (Å²) in [4.78, 5) is 17.9. The Kier molecular flexibility index (Phi) is 7.25. The number of methoxy groups -OCH3 is 1. The third-order valence-corrected chi connectivity index (χ3v) is 10.5. The number of halogens is 1. The van der Waals surface area contributed by atoms with Gasteiger partial charge in [0.15, 0.2) is 0 Å². The Hall–Kier alpha value is -2.59. The van der Waals surface area contributed by atoms with E-state index in [1.165, 1.54) is 10.4 Å². The van der Waals surface area contributed by atoms with E-state index in [0.29, 0.717) is 30.5 Å². The quantitative estimate of drug-likeness (QED) is 0.465. The van der Waals surface area contributed by atoms with Crippen LogP contribution < -0.4 is 9.64 Å². The molecule has 0 bridgehead atoms. The molecule has 2 aliphatic heterocycles. The maximum atomic E-state index is 13.8. The number of carbonyl (C=O) groups excluding carboxylic acids is 1. The van der Waals surface area contributed by atoms with Crippen molar-refractivity contribution in [3.63, 3.8) is 0 Å². The minimum absolute atomic E-state index is 0.00504. The predicted molar refractivity (Wildman–Crippen MR) is 143 cm³/mol. The Bertz CT molecular complexity index is 1320. The number of sulfonamides is 1. The van der Waals surface area contributed by atoms with Crippen LogP contribution in [0.25, 0.3) is 0 Å². The maximum absolute atomic E-state index is 13.8. The zero-order valence-electron chi connectivity index (χ0n) is 19.9. The van der Waals surface area contributed by atoms with Crippen molar-refractivity contribution in [2.75, 3.05) is 51.3 Å². The molecule has 0 N–H and O–H groups in total. The summed E-state index contributed by atoms with van der Waals surface area (Å²) in [5, 5.41) is 0. The van der Waals surface area contributed by atoms with Gasteiger partial charge in [0.2, 0.25) is 5.91 Å². The zero-order chi connectivity index (χ0) is 25.3. The fourth-order valence-corrected chi connectivity index (χ4v) is 8.24. The number of piperazine rings is 1. The van der Waals surface area contributed by atoms with Crippen LogP contribution in [-0.4, -0.2) is 69.9 Å². The molecule has 190 valence electrons. The van der Waals surface area contributed by atoms with Crippen LogP contribution in [0.4, 0.5) is 5.69 Å². The summed E-state index contributed by atoms with van der Waals surface area (Å²) in [6.45, 7) is 2.93. The number of para-hydroxylation sites is 2. The first-order valence-corrected chi connectivity index (χ1v) is 14.5. The highest BCUT2D eigenvalue weighted by Crippen LogP contribution is 2.39. The van der Waals surface area contributed by atoms with Crippen molar-refractivity contribution in [3.8, 4) is 5.75 Å². The number of hydrogen-bond acceptors (Lipinski definition) is 6. The highest BCUT2D eigenvalue weighted by Gasteiger charge is 2.45. The highest BCUT2D eigenvalue weighted by molar-refractivity contribution is 7.91. The van der Waals surface area contributed by atoms with E-state index in [9.17, 15) is 13.2 Å². The van der Waals surface area contributed by atoms with Gasteiger partial charge >= 0.3 is 0 Å². The molecule has 2 atom stereocenters. The molecule has 36 heavy (non-hydrogen) atoms.